The van der Waals surface area contributed by atoms with E-state index in [9.17, 15) is 4.79 Å². The Kier molecular flexibility index (Phi) is 2.82. The number of carbonyl (C=O) groups is 1. The molecule has 2 nitrogen and oxygen atoms in total. The van der Waals surface area contributed by atoms with Crippen LogP contribution < -0.4 is 0 Å². The fraction of sp³-hybridized carbons (Fsp3) is 0.222. The van der Waals surface area contributed by atoms with Gasteiger partial charge in [0.1, 0.15) is 0 Å². The maximum atomic E-state index is 12.3. The van der Waals surface area contributed by atoms with Gasteiger partial charge in [0, 0.05) is 11.0 Å². The van der Waals surface area contributed by atoms with Crippen LogP contribution in [0.25, 0.3) is 16.5 Å². The summed E-state index contributed by atoms with van der Waals surface area (Å²) in [6, 6.07) is 11.9. The van der Waals surface area contributed by atoms with E-state index in [-0.39, 0.29) is 11.2 Å². The van der Waals surface area contributed by atoms with Crippen LogP contribution in [-0.2, 0) is 4.79 Å². The standard InChI is InChI=1S/C18H17NO/c1-12-10-18(2,3)11-14(17(12)20)16-9-8-13-6-4-5-7-15(13)19-16/h4-9,11H,1,10H2,2-3H3. The predicted molar refractivity (Wildman–Crippen MR) is 82.3 cm³/mol. The van der Waals surface area contributed by atoms with Crippen molar-refractivity contribution in [2.24, 2.45) is 5.41 Å². The molecule has 1 aliphatic carbocycles. The molecule has 1 aromatic carbocycles. The molecule has 100 valence electrons. The number of allylic oxidation sites excluding steroid dienone is 3. The van der Waals surface area contributed by atoms with E-state index < -0.39 is 0 Å². The topological polar surface area (TPSA) is 30.0 Å². The van der Waals surface area contributed by atoms with Gasteiger partial charge in [-0.3, -0.25) is 4.79 Å². The van der Waals surface area contributed by atoms with Crippen LogP contribution in [0.4, 0.5) is 0 Å². The molecule has 0 bridgehead atoms. The summed E-state index contributed by atoms with van der Waals surface area (Å²) in [6.45, 7) is 8.14. The van der Waals surface area contributed by atoms with E-state index >= 15 is 0 Å². The van der Waals surface area contributed by atoms with Crippen LogP contribution in [0.5, 0.6) is 0 Å². The minimum atomic E-state index is -0.0480. The molecule has 0 spiro atoms. The summed E-state index contributed by atoms with van der Waals surface area (Å²) in [7, 11) is 0. The van der Waals surface area contributed by atoms with Crippen LogP contribution in [0.15, 0.2) is 54.6 Å². The molecule has 20 heavy (non-hydrogen) atoms. The maximum Gasteiger partial charge on any atom is 0.190 e. The number of aromatic nitrogens is 1. The first-order chi connectivity index (χ1) is 9.46. The average molecular weight is 263 g/mol. The number of nitrogens with zero attached hydrogens (tertiary/aromatic N) is 1. The van der Waals surface area contributed by atoms with E-state index in [0.29, 0.717) is 17.6 Å². The number of ketones is 1. The molecule has 0 atom stereocenters. The molecule has 0 radical (unpaired) electrons. The van der Waals surface area contributed by atoms with Crippen LogP contribution in [0.3, 0.4) is 0 Å². The fourth-order valence-electron chi connectivity index (χ4n) is 2.73. The zero-order valence-corrected chi connectivity index (χ0v) is 11.8. The number of rotatable bonds is 1. The molecule has 2 aromatic rings. The number of para-hydroxylation sites is 1. The largest absolute Gasteiger partial charge is 0.289 e. The Morgan fingerprint density at radius 3 is 2.70 bits per heavy atom. The summed E-state index contributed by atoms with van der Waals surface area (Å²) in [5, 5.41) is 1.08. The number of pyridine rings is 1. The smallest absolute Gasteiger partial charge is 0.190 e. The molecule has 1 heterocycles. The second-order valence-electron chi connectivity index (χ2n) is 6.05. The van der Waals surface area contributed by atoms with Crippen LogP contribution >= 0.6 is 0 Å². The number of fused-ring (bicyclic) bond motifs is 1. The quantitative estimate of drug-likeness (QED) is 0.723. The van der Waals surface area contributed by atoms with Crippen LogP contribution in [0.1, 0.15) is 26.0 Å². The predicted octanol–water partition coefficient (Wildman–Crippen LogP) is 4.17. The Balaban J connectivity index is 2.16. The Morgan fingerprint density at radius 2 is 1.90 bits per heavy atom. The van der Waals surface area contributed by atoms with Crippen molar-refractivity contribution >= 4 is 22.3 Å². The zero-order valence-electron chi connectivity index (χ0n) is 11.8. The lowest BCUT2D eigenvalue weighted by Gasteiger charge is -2.28. The highest BCUT2D eigenvalue weighted by molar-refractivity contribution is 6.29. The van der Waals surface area contributed by atoms with Gasteiger partial charge in [0.2, 0.25) is 0 Å². The molecule has 0 unspecified atom stereocenters. The lowest BCUT2D eigenvalue weighted by Crippen LogP contribution is -2.21. The summed E-state index contributed by atoms with van der Waals surface area (Å²) >= 11 is 0. The van der Waals surface area contributed by atoms with Crippen LogP contribution in [0, 0.1) is 5.41 Å². The molecule has 0 N–H and O–H groups in total. The minimum absolute atomic E-state index is 0.0205. The van der Waals surface area contributed by atoms with E-state index in [1.54, 1.807) is 0 Å². The van der Waals surface area contributed by atoms with Crippen molar-refractivity contribution in [3.05, 3.63) is 60.3 Å². The molecule has 0 amide bonds. The molecular weight excluding hydrogens is 246 g/mol. The number of benzene rings is 1. The summed E-state index contributed by atoms with van der Waals surface area (Å²) in [6.07, 6.45) is 2.74. The normalized spacial score (nSPS) is 18.2. The third kappa shape index (κ3) is 2.18. The van der Waals surface area contributed by atoms with Gasteiger partial charge >= 0.3 is 0 Å². The molecule has 0 fully saturated rings. The first kappa shape index (κ1) is 12.8. The van der Waals surface area contributed by atoms with Crippen molar-refractivity contribution in [2.75, 3.05) is 0 Å². The molecule has 0 saturated heterocycles. The third-order valence-electron chi connectivity index (χ3n) is 3.64. The monoisotopic (exact) mass is 263 g/mol. The Hall–Kier alpha value is -2.22. The van der Waals surface area contributed by atoms with Gasteiger partial charge in [0.25, 0.3) is 0 Å². The van der Waals surface area contributed by atoms with Crippen molar-refractivity contribution in [3.8, 4) is 0 Å². The highest BCUT2D eigenvalue weighted by Gasteiger charge is 2.30. The molecule has 1 aliphatic rings. The van der Waals surface area contributed by atoms with Crippen molar-refractivity contribution in [2.45, 2.75) is 20.3 Å². The van der Waals surface area contributed by atoms with Gasteiger partial charge in [-0.15, -0.1) is 0 Å². The Bertz CT molecular complexity index is 753. The van der Waals surface area contributed by atoms with E-state index in [1.807, 2.05) is 42.5 Å². The van der Waals surface area contributed by atoms with E-state index in [1.165, 1.54) is 0 Å². The van der Waals surface area contributed by atoms with Gasteiger partial charge in [-0.25, -0.2) is 4.98 Å². The molecule has 2 heteroatoms. The first-order valence-corrected chi connectivity index (χ1v) is 6.78. The molecule has 3 rings (SSSR count). The van der Waals surface area contributed by atoms with Crippen molar-refractivity contribution in [1.29, 1.82) is 0 Å². The zero-order chi connectivity index (χ0) is 14.3. The number of hydrogen-bond acceptors (Lipinski definition) is 2. The number of Topliss-reactive ketones (excluding diaryl/α,β-unsaturated/α-hetero) is 1. The SMILES string of the molecule is C=C1CC(C)(C)C=C(c2ccc3ccccc3n2)C1=O. The summed E-state index contributed by atoms with van der Waals surface area (Å²) in [4.78, 5) is 17.0. The third-order valence-corrected chi connectivity index (χ3v) is 3.64. The average Bonchev–Trinajstić information content (AvgIpc) is 2.42. The summed E-state index contributed by atoms with van der Waals surface area (Å²) in [5.74, 6) is 0.0205. The highest BCUT2D eigenvalue weighted by Crippen LogP contribution is 2.37. The van der Waals surface area contributed by atoms with Gasteiger partial charge in [-0.2, -0.15) is 0 Å². The molecule has 0 aliphatic heterocycles. The second-order valence-corrected chi connectivity index (χ2v) is 6.05. The van der Waals surface area contributed by atoms with Gasteiger partial charge in [-0.1, -0.05) is 50.8 Å². The first-order valence-electron chi connectivity index (χ1n) is 6.78. The lowest BCUT2D eigenvalue weighted by atomic mass is 9.76. The van der Waals surface area contributed by atoms with Crippen LogP contribution in [-0.4, -0.2) is 10.8 Å². The molecule has 1 aromatic heterocycles. The van der Waals surface area contributed by atoms with Crippen molar-refractivity contribution in [1.82, 2.24) is 4.98 Å². The van der Waals surface area contributed by atoms with Gasteiger partial charge < -0.3 is 0 Å². The minimum Gasteiger partial charge on any atom is -0.289 e. The van der Waals surface area contributed by atoms with E-state index in [0.717, 1.165) is 16.6 Å². The summed E-state index contributed by atoms with van der Waals surface area (Å²) < 4.78 is 0. The summed E-state index contributed by atoms with van der Waals surface area (Å²) in [5.41, 5.74) is 2.95. The van der Waals surface area contributed by atoms with E-state index in [4.69, 9.17) is 0 Å². The second kappa shape index (κ2) is 4.41. The Labute approximate surface area is 118 Å². The van der Waals surface area contributed by atoms with Gasteiger partial charge in [-0.05, 0) is 29.5 Å². The number of hydrogen-bond donors (Lipinski definition) is 0. The van der Waals surface area contributed by atoms with Crippen molar-refractivity contribution in [3.63, 3.8) is 0 Å². The van der Waals surface area contributed by atoms with E-state index in [2.05, 4.69) is 25.4 Å². The molecule has 0 saturated carbocycles. The van der Waals surface area contributed by atoms with Crippen molar-refractivity contribution < 1.29 is 4.79 Å². The van der Waals surface area contributed by atoms with Gasteiger partial charge in [0.15, 0.2) is 5.78 Å². The highest BCUT2D eigenvalue weighted by atomic mass is 16.1. The van der Waals surface area contributed by atoms with Crippen LogP contribution in [0.2, 0.25) is 0 Å². The number of carbonyl (C=O) groups excluding carboxylic acids is 1. The maximum absolute atomic E-state index is 12.3. The Morgan fingerprint density at radius 1 is 1.15 bits per heavy atom. The molecular formula is C18H17NO. The fourth-order valence-corrected chi connectivity index (χ4v) is 2.73. The van der Waals surface area contributed by atoms with Gasteiger partial charge in [0.05, 0.1) is 11.2 Å². The lowest BCUT2D eigenvalue weighted by molar-refractivity contribution is -0.111.